The zero-order valence-electron chi connectivity index (χ0n) is 15.2. The molecule has 25 heavy (non-hydrogen) atoms. The summed E-state index contributed by atoms with van der Waals surface area (Å²) in [6.07, 6.45) is 8.90. The van der Waals surface area contributed by atoms with Gasteiger partial charge >= 0.3 is 0 Å². The summed E-state index contributed by atoms with van der Waals surface area (Å²) >= 11 is 0. The molecule has 2 aromatic rings. The summed E-state index contributed by atoms with van der Waals surface area (Å²) in [5.74, 6) is 0.566. The minimum absolute atomic E-state index is 0.566. The minimum atomic E-state index is 0.566. The van der Waals surface area contributed by atoms with E-state index in [2.05, 4.69) is 50.1 Å². The molecule has 4 heterocycles. The standard InChI is InChI=1S/C19H29N5O/c1-22-6-4-16(12-22)13-24-5-2-3-17(14-24)19-18(11-20-21-19)15-23-7-9-25-10-8-23/h4,6,11-12,17H,2-3,5,7-10,13-15H2,1H3,(H,20,21)/t17-/m1/s1. The fourth-order valence-electron chi connectivity index (χ4n) is 4.15. The van der Waals surface area contributed by atoms with Crippen LogP contribution in [0.15, 0.2) is 24.7 Å². The third-order valence-electron chi connectivity index (χ3n) is 5.46. The van der Waals surface area contributed by atoms with Gasteiger partial charge in [0.2, 0.25) is 0 Å². The third-order valence-corrected chi connectivity index (χ3v) is 5.46. The molecule has 0 spiro atoms. The van der Waals surface area contributed by atoms with Crippen molar-refractivity contribution in [3.63, 3.8) is 0 Å². The molecule has 0 radical (unpaired) electrons. The summed E-state index contributed by atoms with van der Waals surface area (Å²) in [7, 11) is 2.09. The summed E-state index contributed by atoms with van der Waals surface area (Å²) in [5.41, 5.74) is 4.12. The number of morpholine rings is 1. The van der Waals surface area contributed by atoms with Gasteiger partial charge in [-0.2, -0.15) is 5.10 Å². The van der Waals surface area contributed by atoms with Crippen LogP contribution in [0.4, 0.5) is 0 Å². The number of nitrogens with one attached hydrogen (secondary N) is 1. The van der Waals surface area contributed by atoms with Crippen LogP contribution in [0.25, 0.3) is 0 Å². The van der Waals surface area contributed by atoms with Crippen molar-refractivity contribution in [1.29, 1.82) is 0 Å². The molecule has 6 nitrogen and oxygen atoms in total. The number of rotatable bonds is 5. The first-order valence-electron chi connectivity index (χ1n) is 9.43. The summed E-state index contributed by atoms with van der Waals surface area (Å²) in [5, 5.41) is 7.69. The summed E-state index contributed by atoms with van der Waals surface area (Å²) in [6, 6.07) is 2.23. The smallest absolute Gasteiger partial charge is 0.0594 e. The lowest BCUT2D eigenvalue weighted by Gasteiger charge is -2.33. The van der Waals surface area contributed by atoms with Crippen molar-refractivity contribution < 1.29 is 4.74 Å². The van der Waals surface area contributed by atoms with Gasteiger partial charge in [-0.1, -0.05) is 0 Å². The van der Waals surface area contributed by atoms with E-state index in [-0.39, 0.29) is 0 Å². The first kappa shape index (κ1) is 16.8. The van der Waals surface area contributed by atoms with E-state index in [9.17, 15) is 0 Å². The zero-order valence-corrected chi connectivity index (χ0v) is 15.2. The highest BCUT2D eigenvalue weighted by atomic mass is 16.5. The van der Waals surface area contributed by atoms with Gasteiger partial charge < -0.3 is 9.30 Å². The molecule has 2 aliphatic heterocycles. The number of nitrogens with zero attached hydrogens (tertiary/aromatic N) is 4. The fraction of sp³-hybridized carbons (Fsp3) is 0.632. The average molecular weight is 343 g/mol. The first-order valence-corrected chi connectivity index (χ1v) is 9.43. The molecule has 2 fully saturated rings. The number of piperidine rings is 1. The topological polar surface area (TPSA) is 49.3 Å². The molecule has 0 aromatic carbocycles. The van der Waals surface area contributed by atoms with Crippen LogP contribution in [-0.2, 0) is 24.9 Å². The second kappa shape index (κ2) is 7.72. The van der Waals surface area contributed by atoms with Crippen LogP contribution in [0.3, 0.4) is 0 Å². The number of ether oxygens (including phenoxy) is 1. The van der Waals surface area contributed by atoms with E-state index in [0.29, 0.717) is 5.92 Å². The lowest BCUT2D eigenvalue weighted by atomic mass is 9.92. The van der Waals surface area contributed by atoms with Crippen molar-refractivity contribution in [1.82, 2.24) is 24.6 Å². The third kappa shape index (κ3) is 4.14. The average Bonchev–Trinajstić information content (AvgIpc) is 3.25. The number of hydrogen-bond acceptors (Lipinski definition) is 4. The van der Waals surface area contributed by atoms with Crippen molar-refractivity contribution in [2.24, 2.45) is 7.05 Å². The Labute approximate surface area is 149 Å². The molecular weight excluding hydrogens is 314 g/mol. The van der Waals surface area contributed by atoms with Crippen LogP contribution in [0.2, 0.25) is 0 Å². The molecule has 2 aliphatic rings. The molecule has 2 aromatic heterocycles. The number of likely N-dealkylation sites (tertiary alicyclic amines) is 1. The summed E-state index contributed by atoms with van der Waals surface area (Å²) in [4.78, 5) is 5.06. The molecule has 0 saturated carbocycles. The van der Waals surface area contributed by atoms with Gasteiger partial charge in [-0.25, -0.2) is 0 Å². The molecule has 0 bridgehead atoms. The summed E-state index contributed by atoms with van der Waals surface area (Å²) < 4.78 is 7.60. The van der Waals surface area contributed by atoms with E-state index in [1.165, 1.54) is 36.2 Å². The van der Waals surface area contributed by atoms with E-state index in [1.807, 2.05) is 6.20 Å². The highest BCUT2D eigenvalue weighted by Gasteiger charge is 2.25. The Hall–Kier alpha value is -1.63. The SMILES string of the molecule is Cn1ccc(CN2CCC[C@@H](c3[nH]ncc3CN3CCOCC3)C2)c1. The van der Waals surface area contributed by atoms with E-state index >= 15 is 0 Å². The molecule has 0 amide bonds. The molecule has 4 rings (SSSR count). The van der Waals surface area contributed by atoms with Gasteiger partial charge in [-0.05, 0) is 31.0 Å². The van der Waals surface area contributed by atoms with Gasteiger partial charge in [0.1, 0.15) is 0 Å². The zero-order chi connectivity index (χ0) is 17.1. The molecule has 6 heteroatoms. The van der Waals surface area contributed by atoms with E-state index < -0.39 is 0 Å². The maximum absolute atomic E-state index is 5.46. The van der Waals surface area contributed by atoms with E-state index in [1.54, 1.807) is 0 Å². The van der Waals surface area contributed by atoms with Crippen molar-refractivity contribution >= 4 is 0 Å². The van der Waals surface area contributed by atoms with Crippen molar-refractivity contribution in [2.45, 2.75) is 31.8 Å². The summed E-state index contributed by atoms with van der Waals surface area (Å²) in [6.45, 7) is 8.09. The van der Waals surface area contributed by atoms with Gasteiger partial charge in [-0.15, -0.1) is 0 Å². The van der Waals surface area contributed by atoms with Gasteiger partial charge in [0.05, 0.1) is 19.4 Å². The number of aromatic amines is 1. The largest absolute Gasteiger partial charge is 0.379 e. The Morgan fingerprint density at radius 2 is 2.08 bits per heavy atom. The van der Waals surface area contributed by atoms with Crippen LogP contribution in [0.5, 0.6) is 0 Å². The monoisotopic (exact) mass is 343 g/mol. The lowest BCUT2D eigenvalue weighted by molar-refractivity contribution is 0.0339. The second-order valence-corrected chi connectivity index (χ2v) is 7.46. The molecule has 1 atom stereocenters. The Morgan fingerprint density at radius 3 is 2.88 bits per heavy atom. The van der Waals surface area contributed by atoms with Crippen molar-refractivity contribution in [2.75, 3.05) is 39.4 Å². The molecule has 136 valence electrons. The van der Waals surface area contributed by atoms with Crippen LogP contribution in [-0.4, -0.2) is 64.0 Å². The van der Waals surface area contributed by atoms with Gasteiger partial charge in [0.25, 0.3) is 0 Å². The second-order valence-electron chi connectivity index (χ2n) is 7.46. The fourth-order valence-corrected chi connectivity index (χ4v) is 4.15. The molecule has 0 aliphatic carbocycles. The lowest BCUT2D eigenvalue weighted by Crippen LogP contribution is -2.37. The van der Waals surface area contributed by atoms with Gasteiger partial charge in [0.15, 0.2) is 0 Å². The van der Waals surface area contributed by atoms with Gasteiger partial charge in [-0.3, -0.25) is 14.9 Å². The van der Waals surface area contributed by atoms with Crippen molar-refractivity contribution in [3.05, 3.63) is 41.5 Å². The van der Waals surface area contributed by atoms with Crippen LogP contribution in [0, 0.1) is 0 Å². The maximum atomic E-state index is 5.46. The minimum Gasteiger partial charge on any atom is -0.379 e. The first-order chi connectivity index (χ1) is 12.3. The predicted octanol–water partition coefficient (Wildman–Crippen LogP) is 1.96. The maximum Gasteiger partial charge on any atom is 0.0594 e. The number of aryl methyl sites for hydroxylation is 1. The number of hydrogen-bond donors (Lipinski definition) is 1. The Bertz CT molecular complexity index is 673. The predicted molar refractivity (Wildman–Crippen MR) is 97.3 cm³/mol. The molecule has 0 unspecified atom stereocenters. The Morgan fingerprint density at radius 1 is 1.20 bits per heavy atom. The van der Waals surface area contributed by atoms with Crippen LogP contribution in [0.1, 0.15) is 35.6 Å². The highest BCUT2D eigenvalue weighted by molar-refractivity contribution is 5.22. The van der Waals surface area contributed by atoms with Crippen LogP contribution < -0.4 is 0 Å². The van der Waals surface area contributed by atoms with Gasteiger partial charge in [0, 0.05) is 69.3 Å². The van der Waals surface area contributed by atoms with Crippen LogP contribution >= 0.6 is 0 Å². The van der Waals surface area contributed by atoms with Crippen molar-refractivity contribution in [3.8, 4) is 0 Å². The Balaban J connectivity index is 1.40. The number of H-pyrrole nitrogens is 1. The quantitative estimate of drug-likeness (QED) is 0.902. The molecule has 1 N–H and O–H groups in total. The van der Waals surface area contributed by atoms with E-state index in [4.69, 9.17) is 4.74 Å². The normalized spacial score (nSPS) is 23.2. The highest BCUT2D eigenvalue weighted by Crippen LogP contribution is 2.29. The number of aromatic nitrogens is 3. The van der Waals surface area contributed by atoms with E-state index in [0.717, 1.165) is 45.9 Å². The molecule has 2 saturated heterocycles. The molecular formula is C19H29N5O. The Kier molecular flexibility index (Phi) is 5.20.